The fourth-order valence-corrected chi connectivity index (χ4v) is 5.48. The summed E-state index contributed by atoms with van der Waals surface area (Å²) in [7, 11) is 1.15. The van der Waals surface area contributed by atoms with E-state index >= 15 is 0 Å². The second kappa shape index (κ2) is 17.0. The maximum Gasteiger partial charge on any atom is 0.337 e. The van der Waals surface area contributed by atoms with Gasteiger partial charge >= 0.3 is 11.9 Å². The molecule has 17 nitrogen and oxygen atoms in total. The van der Waals surface area contributed by atoms with Crippen LogP contribution in [0.5, 0.6) is 5.75 Å². The highest BCUT2D eigenvalue weighted by molar-refractivity contribution is 5.90. The van der Waals surface area contributed by atoms with Gasteiger partial charge in [0.2, 0.25) is 6.29 Å². The smallest absolute Gasteiger partial charge is 0.337 e. The quantitative estimate of drug-likeness (QED) is 0.0834. The van der Waals surface area contributed by atoms with Gasteiger partial charge in [-0.2, -0.15) is 0 Å². The second-order valence-electron chi connectivity index (χ2n) is 11.4. The van der Waals surface area contributed by atoms with Gasteiger partial charge in [0.1, 0.15) is 54.6 Å². The molecule has 3 aliphatic rings. The van der Waals surface area contributed by atoms with Crippen LogP contribution in [0.2, 0.25) is 0 Å². The number of esters is 2. The number of rotatable bonds is 12. The van der Waals surface area contributed by atoms with Crippen LogP contribution in [0.25, 0.3) is 0 Å². The zero-order chi connectivity index (χ0) is 35.1. The minimum absolute atomic E-state index is 0.0180. The molecule has 48 heavy (non-hydrogen) atoms. The van der Waals surface area contributed by atoms with Gasteiger partial charge in [-0.05, 0) is 24.6 Å². The molecule has 0 aromatic heterocycles. The molecule has 0 aliphatic carbocycles. The summed E-state index contributed by atoms with van der Waals surface area (Å²) < 4.78 is 38.1. The van der Waals surface area contributed by atoms with E-state index < -0.39 is 98.8 Å². The number of carbonyl (C=O) groups excluding carboxylic acids is 2. The van der Waals surface area contributed by atoms with E-state index in [0.717, 1.165) is 18.9 Å². The number of hydrogen-bond acceptors (Lipinski definition) is 17. The van der Waals surface area contributed by atoms with Crippen molar-refractivity contribution in [3.05, 3.63) is 53.3 Å². The highest BCUT2D eigenvalue weighted by atomic mass is 16.8. The van der Waals surface area contributed by atoms with Gasteiger partial charge < -0.3 is 74.0 Å². The molecule has 0 spiro atoms. The van der Waals surface area contributed by atoms with Crippen molar-refractivity contribution < 1.29 is 83.6 Å². The van der Waals surface area contributed by atoms with Crippen molar-refractivity contribution in [2.45, 2.75) is 87.5 Å². The van der Waals surface area contributed by atoms with Crippen LogP contribution < -0.4 is 0 Å². The predicted molar refractivity (Wildman–Crippen MR) is 157 cm³/mol. The van der Waals surface area contributed by atoms with Crippen LogP contribution in [0.3, 0.4) is 0 Å². The minimum atomic E-state index is -1.83. The van der Waals surface area contributed by atoms with E-state index in [4.69, 9.17) is 33.2 Å². The highest BCUT2D eigenvalue weighted by Crippen LogP contribution is 2.36. The van der Waals surface area contributed by atoms with E-state index in [9.17, 15) is 50.4 Å². The third-order valence-corrected chi connectivity index (χ3v) is 8.28. The van der Waals surface area contributed by atoms with E-state index in [0.29, 0.717) is 6.42 Å². The molecule has 2 fully saturated rings. The van der Waals surface area contributed by atoms with Crippen molar-refractivity contribution in [1.29, 1.82) is 0 Å². The van der Waals surface area contributed by atoms with Crippen molar-refractivity contribution in [2.24, 2.45) is 5.92 Å². The summed E-state index contributed by atoms with van der Waals surface area (Å²) in [6.45, 7) is 0.324. The highest BCUT2D eigenvalue weighted by Gasteiger charge is 2.49. The Morgan fingerprint density at radius 3 is 2.12 bits per heavy atom. The molecule has 0 unspecified atom stereocenters. The fraction of sp³-hybridized carbons (Fsp3) is 0.613. The number of aliphatic hydroxyl groups is 7. The molecule has 1 aromatic rings. The van der Waals surface area contributed by atoms with E-state index in [-0.39, 0.29) is 29.9 Å². The predicted octanol–water partition coefficient (Wildman–Crippen LogP) is -2.52. The van der Waals surface area contributed by atoms with Crippen molar-refractivity contribution in [2.75, 3.05) is 26.9 Å². The van der Waals surface area contributed by atoms with Gasteiger partial charge in [-0.25, -0.2) is 4.79 Å². The lowest BCUT2D eigenvalue weighted by atomic mass is 9.86. The van der Waals surface area contributed by atoms with E-state index in [1.807, 2.05) is 0 Å². The first-order valence-corrected chi connectivity index (χ1v) is 15.2. The minimum Gasteiger partial charge on any atom is -0.508 e. The topological polar surface area (TPSA) is 261 Å². The fourth-order valence-electron chi connectivity index (χ4n) is 5.48. The molecular formula is C31H42O17. The Bertz CT molecular complexity index is 1280. The number of carbonyl (C=O) groups is 2. The zero-order valence-electron chi connectivity index (χ0n) is 26.2. The third kappa shape index (κ3) is 8.68. The van der Waals surface area contributed by atoms with Gasteiger partial charge in [0.05, 0.1) is 45.2 Å². The van der Waals surface area contributed by atoms with Crippen LogP contribution in [0, 0.1) is 5.92 Å². The maximum absolute atomic E-state index is 12.9. The van der Waals surface area contributed by atoms with Gasteiger partial charge in [-0.1, -0.05) is 18.2 Å². The number of methoxy groups -OCH3 is 1. The van der Waals surface area contributed by atoms with E-state index in [1.54, 1.807) is 19.1 Å². The number of allylic oxidation sites excluding steroid dienone is 1. The number of phenolic OH excluding ortho intramolecular Hbond substituents is 1. The number of phenols is 1. The average Bonchev–Trinajstić information content (AvgIpc) is 3.08. The molecule has 0 radical (unpaired) electrons. The molecular weight excluding hydrogens is 644 g/mol. The number of aromatic hydroxyl groups is 1. The molecule has 17 heteroatoms. The Hall–Kier alpha value is -3.20. The van der Waals surface area contributed by atoms with Crippen LogP contribution >= 0.6 is 0 Å². The number of aliphatic hydroxyl groups excluding tert-OH is 7. The first-order chi connectivity index (χ1) is 22.9. The first kappa shape index (κ1) is 37.6. The molecule has 2 saturated heterocycles. The Morgan fingerprint density at radius 1 is 0.875 bits per heavy atom. The SMILES string of the molecule is CC=C1[C@H](O[C@@H]2O[C@H](CO[C@@H]3O[C@H](CO)[C@@H](O)[C@H](O)[C@H]3O)[C@@H](O)[C@H](O)[C@H]2O)OC=C(C(=O)OC)[C@H]1CC(=O)OCCc1ccc(O)cc1. The number of ether oxygens (including phenoxy) is 7. The van der Waals surface area contributed by atoms with Crippen LogP contribution in [0.4, 0.5) is 0 Å². The van der Waals surface area contributed by atoms with Gasteiger partial charge in [-0.15, -0.1) is 0 Å². The molecule has 3 aliphatic heterocycles. The summed E-state index contributed by atoms with van der Waals surface area (Å²) in [6.07, 6.45) is -15.1. The van der Waals surface area contributed by atoms with Gasteiger partial charge in [-0.3, -0.25) is 4.79 Å². The van der Waals surface area contributed by atoms with Crippen LogP contribution in [-0.4, -0.2) is 147 Å². The van der Waals surface area contributed by atoms with Gasteiger partial charge in [0.25, 0.3) is 0 Å². The molecule has 0 saturated carbocycles. The lowest BCUT2D eigenvalue weighted by molar-refractivity contribution is -0.344. The molecule has 4 rings (SSSR count). The normalized spacial score (nSPS) is 36.2. The summed E-state index contributed by atoms with van der Waals surface area (Å²) in [5.74, 6) is -2.30. The van der Waals surface area contributed by atoms with Crippen molar-refractivity contribution in [1.82, 2.24) is 0 Å². The molecule has 268 valence electrons. The molecule has 0 bridgehead atoms. The van der Waals surface area contributed by atoms with Crippen molar-refractivity contribution >= 4 is 11.9 Å². The Kier molecular flexibility index (Phi) is 13.3. The standard InChI is InChI=1S/C31H42O17/c1-3-16-17(10-21(34)43-9-8-14-4-6-15(33)7-5-14)18(28(41)42-2)12-44-29(16)48-31-27(40)25(38)23(36)20(47-31)13-45-30-26(39)24(37)22(35)19(11-32)46-30/h3-7,12,17,19-20,22-27,29-33,35-40H,8-11,13H2,1-2H3/t17-,19+,20+,22+,23+,24-,25-,26+,27+,29-,30+,31-/m0/s1. The summed E-state index contributed by atoms with van der Waals surface area (Å²) in [5, 5.41) is 80.9. The monoisotopic (exact) mass is 686 g/mol. The summed E-state index contributed by atoms with van der Waals surface area (Å²) in [5.41, 5.74) is 1.05. The average molecular weight is 687 g/mol. The van der Waals surface area contributed by atoms with Crippen LogP contribution in [-0.2, 0) is 49.2 Å². The lowest BCUT2D eigenvalue weighted by Crippen LogP contribution is -2.62. The van der Waals surface area contributed by atoms with Gasteiger partial charge in [0.15, 0.2) is 12.6 Å². The molecule has 3 heterocycles. The molecule has 1 aromatic carbocycles. The molecule has 0 amide bonds. The number of benzene rings is 1. The second-order valence-corrected chi connectivity index (χ2v) is 11.4. The molecule has 12 atom stereocenters. The van der Waals surface area contributed by atoms with Crippen LogP contribution in [0.15, 0.2) is 47.7 Å². The summed E-state index contributed by atoms with van der Waals surface area (Å²) in [4.78, 5) is 25.5. The van der Waals surface area contributed by atoms with E-state index in [1.165, 1.54) is 18.2 Å². The zero-order valence-corrected chi connectivity index (χ0v) is 26.2. The Balaban J connectivity index is 1.42. The molecule has 8 N–H and O–H groups in total. The summed E-state index contributed by atoms with van der Waals surface area (Å²) in [6, 6.07) is 6.38. The first-order valence-electron chi connectivity index (χ1n) is 15.2. The Labute approximate surface area is 275 Å². The third-order valence-electron chi connectivity index (χ3n) is 8.28. The number of hydrogen-bond donors (Lipinski definition) is 8. The maximum atomic E-state index is 12.9. The van der Waals surface area contributed by atoms with Crippen LogP contribution in [0.1, 0.15) is 18.9 Å². The summed E-state index contributed by atoms with van der Waals surface area (Å²) >= 11 is 0. The largest absolute Gasteiger partial charge is 0.508 e. The van der Waals surface area contributed by atoms with E-state index in [2.05, 4.69) is 0 Å². The van der Waals surface area contributed by atoms with Crippen molar-refractivity contribution in [3.63, 3.8) is 0 Å². The van der Waals surface area contributed by atoms with Crippen molar-refractivity contribution in [3.8, 4) is 5.75 Å². The Morgan fingerprint density at radius 2 is 1.50 bits per heavy atom. The lowest BCUT2D eigenvalue weighted by Gasteiger charge is -2.43. The van der Waals surface area contributed by atoms with Gasteiger partial charge in [0, 0.05) is 17.9 Å².